The lowest BCUT2D eigenvalue weighted by atomic mass is 10.0. The van der Waals surface area contributed by atoms with Gasteiger partial charge < -0.3 is 5.32 Å². The Bertz CT molecular complexity index is 799. The molecule has 0 bridgehead atoms. The van der Waals surface area contributed by atoms with Gasteiger partial charge in [-0.1, -0.05) is 39.3 Å². The molecule has 27 heavy (non-hydrogen) atoms. The van der Waals surface area contributed by atoms with Gasteiger partial charge in [-0.2, -0.15) is 10.1 Å². The topological polar surface area (TPSA) is 88.9 Å². The van der Waals surface area contributed by atoms with Crippen molar-refractivity contribution in [3.63, 3.8) is 0 Å². The average Bonchev–Trinajstić information content (AvgIpc) is 2.95. The lowest BCUT2D eigenvalue weighted by molar-refractivity contribution is -0.118. The van der Waals surface area contributed by atoms with Crippen LogP contribution in [0.5, 0.6) is 0 Å². The van der Waals surface area contributed by atoms with Crippen LogP contribution in [-0.4, -0.2) is 32.6 Å². The van der Waals surface area contributed by atoms with Crippen LogP contribution in [0.1, 0.15) is 56.2 Å². The predicted molar refractivity (Wildman–Crippen MR) is 106 cm³/mol. The molecule has 0 saturated carbocycles. The highest BCUT2D eigenvalue weighted by atomic mass is 35.5. The minimum absolute atomic E-state index is 0.151. The van der Waals surface area contributed by atoms with Crippen molar-refractivity contribution in [2.24, 2.45) is 13.0 Å². The van der Waals surface area contributed by atoms with Gasteiger partial charge in [0.05, 0.1) is 0 Å². The van der Waals surface area contributed by atoms with Crippen molar-refractivity contribution in [2.45, 2.75) is 46.1 Å². The average molecular weight is 392 g/mol. The first kappa shape index (κ1) is 20.9. The molecular formula is C19H26ClN5O2. The van der Waals surface area contributed by atoms with E-state index in [1.807, 2.05) is 27.7 Å². The number of amides is 2. The van der Waals surface area contributed by atoms with Crippen LogP contribution < -0.4 is 10.6 Å². The SMILES string of the molecule is CC(C)CC(NC(=O)c1ccc(Cl)cc1)C(=O)Nc1nc(C(C)C)nn1C. The minimum Gasteiger partial charge on any atom is -0.340 e. The van der Waals surface area contributed by atoms with E-state index >= 15 is 0 Å². The van der Waals surface area contributed by atoms with Gasteiger partial charge in [-0.25, -0.2) is 4.68 Å². The summed E-state index contributed by atoms with van der Waals surface area (Å²) >= 11 is 5.86. The number of anilines is 1. The lowest BCUT2D eigenvalue weighted by Crippen LogP contribution is -2.44. The summed E-state index contributed by atoms with van der Waals surface area (Å²) in [6.07, 6.45) is 0.500. The number of nitrogens with one attached hydrogen (secondary N) is 2. The summed E-state index contributed by atoms with van der Waals surface area (Å²) in [6.45, 7) is 7.95. The minimum atomic E-state index is -0.688. The van der Waals surface area contributed by atoms with Crippen LogP contribution in [0.3, 0.4) is 0 Å². The molecule has 1 unspecified atom stereocenters. The van der Waals surface area contributed by atoms with E-state index in [9.17, 15) is 9.59 Å². The van der Waals surface area contributed by atoms with Gasteiger partial charge in [-0.05, 0) is 36.6 Å². The third-order valence-corrected chi connectivity index (χ3v) is 4.22. The Morgan fingerprint density at radius 1 is 1.15 bits per heavy atom. The Morgan fingerprint density at radius 2 is 1.78 bits per heavy atom. The monoisotopic (exact) mass is 391 g/mol. The number of halogens is 1. The van der Waals surface area contributed by atoms with Crippen molar-refractivity contribution >= 4 is 29.4 Å². The molecule has 0 fully saturated rings. The number of carbonyl (C=O) groups excluding carboxylic acids is 2. The van der Waals surface area contributed by atoms with Crippen LogP contribution in [0.25, 0.3) is 0 Å². The second-order valence-corrected chi connectivity index (χ2v) is 7.66. The van der Waals surface area contributed by atoms with E-state index in [1.165, 1.54) is 4.68 Å². The molecule has 8 heteroatoms. The zero-order chi connectivity index (χ0) is 20.1. The molecule has 2 aromatic rings. The quantitative estimate of drug-likeness (QED) is 0.757. The molecule has 146 valence electrons. The number of hydrogen-bond acceptors (Lipinski definition) is 4. The molecule has 2 amide bonds. The molecule has 2 rings (SSSR count). The normalized spacial score (nSPS) is 12.3. The van der Waals surface area contributed by atoms with Crippen molar-refractivity contribution < 1.29 is 9.59 Å². The first-order chi connectivity index (χ1) is 12.7. The van der Waals surface area contributed by atoms with Crippen LogP contribution in [0.2, 0.25) is 5.02 Å². The fourth-order valence-electron chi connectivity index (χ4n) is 2.50. The molecular weight excluding hydrogens is 366 g/mol. The van der Waals surface area contributed by atoms with Gasteiger partial charge in [0.2, 0.25) is 11.9 Å². The Balaban J connectivity index is 2.13. The van der Waals surface area contributed by atoms with Crippen molar-refractivity contribution in [2.75, 3.05) is 5.32 Å². The smallest absolute Gasteiger partial charge is 0.251 e. The molecule has 7 nitrogen and oxygen atoms in total. The Morgan fingerprint density at radius 3 is 2.30 bits per heavy atom. The van der Waals surface area contributed by atoms with Crippen LogP contribution in [0.4, 0.5) is 5.95 Å². The van der Waals surface area contributed by atoms with Gasteiger partial charge in [-0.3, -0.25) is 14.9 Å². The summed E-state index contributed by atoms with van der Waals surface area (Å²) in [5, 5.41) is 10.4. The second-order valence-electron chi connectivity index (χ2n) is 7.22. The molecule has 0 radical (unpaired) electrons. The summed E-state index contributed by atoms with van der Waals surface area (Å²) in [5.41, 5.74) is 0.446. The fourth-order valence-corrected chi connectivity index (χ4v) is 2.63. The van der Waals surface area contributed by atoms with E-state index in [2.05, 4.69) is 20.7 Å². The zero-order valence-electron chi connectivity index (χ0n) is 16.3. The Kier molecular flexibility index (Phi) is 6.96. The molecule has 2 N–H and O–H groups in total. The van der Waals surface area contributed by atoms with Crippen molar-refractivity contribution in [1.82, 2.24) is 20.1 Å². The van der Waals surface area contributed by atoms with Crippen LogP contribution in [-0.2, 0) is 11.8 Å². The molecule has 1 aromatic heterocycles. The number of nitrogens with zero attached hydrogens (tertiary/aromatic N) is 3. The third kappa shape index (κ3) is 5.79. The maximum absolute atomic E-state index is 12.8. The molecule has 0 saturated heterocycles. The van der Waals surface area contributed by atoms with Gasteiger partial charge in [0, 0.05) is 23.6 Å². The third-order valence-electron chi connectivity index (χ3n) is 3.97. The molecule has 0 aliphatic carbocycles. The van der Waals surface area contributed by atoms with Crippen molar-refractivity contribution in [3.05, 3.63) is 40.7 Å². The maximum Gasteiger partial charge on any atom is 0.251 e. The first-order valence-corrected chi connectivity index (χ1v) is 9.33. The second kappa shape index (κ2) is 8.99. The standard InChI is InChI=1S/C19H26ClN5O2/c1-11(2)10-15(21-17(26)13-6-8-14(20)9-7-13)18(27)23-19-22-16(12(3)4)24-25(19)5/h6-9,11-12,15H,10H2,1-5H3,(H,21,26)(H,22,23,24,27). The number of rotatable bonds is 7. The van der Waals surface area contributed by atoms with E-state index < -0.39 is 6.04 Å². The number of aryl methyl sites for hydroxylation is 1. The highest BCUT2D eigenvalue weighted by molar-refractivity contribution is 6.30. The van der Waals surface area contributed by atoms with E-state index in [0.717, 1.165) is 0 Å². The van der Waals surface area contributed by atoms with Gasteiger partial charge in [0.1, 0.15) is 6.04 Å². The molecule has 0 aliphatic rings. The van der Waals surface area contributed by atoms with Gasteiger partial charge in [0.25, 0.3) is 5.91 Å². The lowest BCUT2D eigenvalue weighted by Gasteiger charge is -2.20. The number of aromatic nitrogens is 3. The van der Waals surface area contributed by atoms with E-state index in [0.29, 0.717) is 28.8 Å². The molecule has 0 aliphatic heterocycles. The van der Waals surface area contributed by atoms with Crippen LogP contribution in [0, 0.1) is 5.92 Å². The van der Waals surface area contributed by atoms with Gasteiger partial charge in [-0.15, -0.1) is 0 Å². The molecule has 1 heterocycles. The van der Waals surface area contributed by atoms with Gasteiger partial charge in [0.15, 0.2) is 5.82 Å². The Hall–Kier alpha value is -2.41. The summed E-state index contributed by atoms with van der Waals surface area (Å²) < 4.78 is 1.53. The van der Waals surface area contributed by atoms with E-state index in [1.54, 1.807) is 31.3 Å². The summed E-state index contributed by atoms with van der Waals surface area (Å²) in [5.74, 6) is 0.733. The van der Waals surface area contributed by atoms with E-state index in [4.69, 9.17) is 11.6 Å². The number of carbonyl (C=O) groups is 2. The van der Waals surface area contributed by atoms with Crippen molar-refractivity contribution in [1.29, 1.82) is 0 Å². The van der Waals surface area contributed by atoms with Crippen LogP contribution in [0.15, 0.2) is 24.3 Å². The number of hydrogen-bond donors (Lipinski definition) is 2. The predicted octanol–water partition coefficient (Wildman–Crippen LogP) is 3.38. The zero-order valence-corrected chi connectivity index (χ0v) is 17.0. The number of benzene rings is 1. The largest absolute Gasteiger partial charge is 0.340 e. The highest BCUT2D eigenvalue weighted by Gasteiger charge is 2.24. The van der Waals surface area contributed by atoms with Crippen molar-refractivity contribution in [3.8, 4) is 0 Å². The molecule has 0 spiro atoms. The molecule has 1 aromatic carbocycles. The fraction of sp³-hybridized carbons (Fsp3) is 0.474. The summed E-state index contributed by atoms with van der Waals surface area (Å²) in [6, 6.07) is 5.84. The summed E-state index contributed by atoms with van der Waals surface area (Å²) in [4.78, 5) is 29.6. The first-order valence-electron chi connectivity index (χ1n) is 8.95. The Labute approximate surface area is 164 Å². The maximum atomic E-state index is 12.8. The van der Waals surface area contributed by atoms with Gasteiger partial charge >= 0.3 is 0 Å². The highest BCUT2D eigenvalue weighted by Crippen LogP contribution is 2.14. The van der Waals surface area contributed by atoms with Crippen LogP contribution >= 0.6 is 11.6 Å². The summed E-state index contributed by atoms with van der Waals surface area (Å²) in [7, 11) is 1.72. The molecule has 1 atom stereocenters. The van der Waals surface area contributed by atoms with E-state index in [-0.39, 0.29) is 23.7 Å².